The van der Waals surface area contributed by atoms with Crippen molar-refractivity contribution in [3.8, 4) is 11.9 Å². The summed E-state index contributed by atoms with van der Waals surface area (Å²) in [6.45, 7) is 1.96. The molecule has 0 atom stereocenters. The van der Waals surface area contributed by atoms with Crippen LogP contribution in [0.3, 0.4) is 0 Å². The van der Waals surface area contributed by atoms with Gasteiger partial charge in [0.25, 0.3) is 11.9 Å². The largest absolute Gasteiger partial charge is 0.357 e. The maximum atomic E-state index is 4.35. The molecule has 0 aromatic carbocycles. The van der Waals surface area contributed by atoms with E-state index in [2.05, 4.69) is 30.5 Å². The smallest absolute Gasteiger partial charge is 0.257 e. The summed E-state index contributed by atoms with van der Waals surface area (Å²) >= 11 is 0. The fourth-order valence-corrected chi connectivity index (χ4v) is 1.58. The zero-order chi connectivity index (χ0) is 13.2. The van der Waals surface area contributed by atoms with E-state index in [1.54, 1.807) is 41.1 Å². The molecule has 0 radical (unpaired) electrons. The van der Waals surface area contributed by atoms with Gasteiger partial charge in [0.05, 0.1) is 6.20 Å². The second kappa shape index (κ2) is 4.48. The molecule has 0 aliphatic carbocycles. The molecule has 1 N–H and O–H groups in total. The van der Waals surface area contributed by atoms with Crippen molar-refractivity contribution >= 4 is 5.95 Å². The molecule has 8 heteroatoms. The number of nitrogens with zero attached hydrogens (tertiary/aromatic N) is 7. The first-order valence-electron chi connectivity index (χ1n) is 5.72. The number of anilines is 1. The Labute approximate surface area is 109 Å². The Morgan fingerprint density at radius 2 is 1.84 bits per heavy atom. The second-order valence-electron chi connectivity index (χ2n) is 3.92. The summed E-state index contributed by atoms with van der Waals surface area (Å²) in [5.41, 5.74) is 1.03. The van der Waals surface area contributed by atoms with E-state index in [-0.39, 0.29) is 0 Å². The Morgan fingerprint density at radius 1 is 1.05 bits per heavy atom. The normalized spacial score (nSPS) is 10.6. The summed E-state index contributed by atoms with van der Waals surface area (Å²) in [6, 6.07) is 1.81. The molecule has 0 unspecified atom stereocenters. The Bertz CT molecular complexity index is 685. The van der Waals surface area contributed by atoms with Gasteiger partial charge in [-0.3, -0.25) is 0 Å². The van der Waals surface area contributed by atoms with Gasteiger partial charge in [-0.1, -0.05) is 0 Å². The van der Waals surface area contributed by atoms with Gasteiger partial charge in [-0.2, -0.15) is 25.1 Å². The molecule has 0 spiro atoms. The Kier molecular flexibility index (Phi) is 2.67. The zero-order valence-electron chi connectivity index (χ0n) is 10.5. The Morgan fingerprint density at radius 3 is 2.42 bits per heavy atom. The Hall–Kier alpha value is -2.77. The molecular weight excluding hydrogens is 244 g/mol. The summed E-state index contributed by atoms with van der Waals surface area (Å²) in [7, 11) is 1.75. The molecule has 0 fully saturated rings. The van der Waals surface area contributed by atoms with E-state index in [0.29, 0.717) is 17.8 Å². The van der Waals surface area contributed by atoms with E-state index >= 15 is 0 Å². The van der Waals surface area contributed by atoms with E-state index in [9.17, 15) is 0 Å². The number of rotatable bonds is 3. The van der Waals surface area contributed by atoms with Crippen LogP contribution in [0.15, 0.2) is 30.9 Å². The maximum absolute atomic E-state index is 4.35. The minimum Gasteiger partial charge on any atom is -0.357 e. The number of aryl methyl sites for hydroxylation is 1. The predicted molar refractivity (Wildman–Crippen MR) is 68.4 cm³/mol. The average molecular weight is 256 g/mol. The molecule has 3 aromatic heterocycles. The lowest BCUT2D eigenvalue weighted by Crippen LogP contribution is -2.11. The lowest BCUT2D eigenvalue weighted by Gasteiger charge is -2.06. The molecule has 96 valence electrons. The minimum absolute atomic E-state index is 0.438. The highest BCUT2D eigenvalue weighted by atomic mass is 15.4. The molecule has 3 aromatic rings. The fraction of sp³-hybridized carbons (Fsp3) is 0.182. The van der Waals surface area contributed by atoms with Gasteiger partial charge in [-0.05, 0) is 18.6 Å². The van der Waals surface area contributed by atoms with Gasteiger partial charge in [0.2, 0.25) is 5.95 Å². The topological polar surface area (TPSA) is 86.3 Å². The van der Waals surface area contributed by atoms with Crippen molar-refractivity contribution in [3.05, 3.63) is 36.4 Å². The highest BCUT2D eigenvalue weighted by Crippen LogP contribution is 2.08. The van der Waals surface area contributed by atoms with Crippen molar-refractivity contribution in [1.82, 2.24) is 34.5 Å². The highest BCUT2D eigenvalue weighted by molar-refractivity contribution is 5.31. The monoisotopic (exact) mass is 256 g/mol. The fourth-order valence-electron chi connectivity index (χ4n) is 1.58. The van der Waals surface area contributed by atoms with Crippen molar-refractivity contribution < 1.29 is 0 Å². The summed E-state index contributed by atoms with van der Waals surface area (Å²) < 4.78 is 3.17. The third kappa shape index (κ3) is 2.15. The zero-order valence-corrected chi connectivity index (χ0v) is 10.5. The molecule has 0 saturated heterocycles. The quantitative estimate of drug-likeness (QED) is 0.738. The van der Waals surface area contributed by atoms with Crippen LogP contribution in [-0.4, -0.2) is 41.6 Å². The van der Waals surface area contributed by atoms with Crippen LogP contribution in [0.25, 0.3) is 11.9 Å². The van der Waals surface area contributed by atoms with Crippen molar-refractivity contribution in [1.29, 1.82) is 0 Å². The van der Waals surface area contributed by atoms with Crippen molar-refractivity contribution in [2.24, 2.45) is 0 Å². The van der Waals surface area contributed by atoms with Gasteiger partial charge < -0.3 is 5.32 Å². The number of hydrogen-bond acceptors (Lipinski definition) is 6. The molecule has 3 heterocycles. The molecule has 19 heavy (non-hydrogen) atoms. The molecule has 0 amide bonds. The van der Waals surface area contributed by atoms with Crippen molar-refractivity contribution in [2.75, 3.05) is 12.4 Å². The van der Waals surface area contributed by atoms with Gasteiger partial charge in [0.1, 0.15) is 0 Å². The molecule has 0 saturated carbocycles. The van der Waals surface area contributed by atoms with Crippen molar-refractivity contribution in [3.63, 3.8) is 0 Å². The lowest BCUT2D eigenvalue weighted by molar-refractivity contribution is 0.746. The van der Waals surface area contributed by atoms with Crippen LogP contribution < -0.4 is 5.32 Å². The van der Waals surface area contributed by atoms with Gasteiger partial charge in [-0.25, -0.2) is 9.36 Å². The number of nitrogens with one attached hydrogen (secondary N) is 1. The first-order valence-corrected chi connectivity index (χ1v) is 5.72. The van der Waals surface area contributed by atoms with Crippen LogP contribution in [0.1, 0.15) is 5.56 Å². The molecule has 3 rings (SSSR count). The minimum atomic E-state index is 0.438. The molecule has 0 aliphatic heterocycles. The Balaban J connectivity index is 2.12. The van der Waals surface area contributed by atoms with Crippen LogP contribution in [0.5, 0.6) is 0 Å². The summed E-state index contributed by atoms with van der Waals surface area (Å²) in [5.74, 6) is 1.34. The van der Waals surface area contributed by atoms with Crippen LogP contribution in [0, 0.1) is 6.92 Å². The maximum Gasteiger partial charge on any atom is 0.257 e. The standard InChI is InChI=1S/C11H12N8/c1-8-6-14-19(7-8)11-16-9(12-2)15-10(17-11)18-5-3-4-13-18/h3-7H,1-2H3,(H,12,15,16,17). The summed E-state index contributed by atoms with van der Waals surface area (Å²) in [6.07, 6.45) is 7.03. The molecule has 0 aliphatic rings. The predicted octanol–water partition coefficient (Wildman–Crippen LogP) is 0.593. The molecular formula is C11H12N8. The highest BCUT2D eigenvalue weighted by Gasteiger charge is 2.09. The van der Waals surface area contributed by atoms with E-state index in [1.807, 2.05) is 13.1 Å². The van der Waals surface area contributed by atoms with Crippen molar-refractivity contribution in [2.45, 2.75) is 6.92 Å². The van der Waals surface area contributed by atoms with E-state index in [1.165, 1.54) is 0 Å². The first kappa shape index (κ1) is 11.3. The molecule has 0 bridgehead atoms. The first-order chi connectivity index (χ1) is 9.26. The average Bonchev–Trinajstić information content (AvgIpc) is 3.09. The third-order valence-corrected chi connectivity index (χ3v) is 2.46. The van der Waals surface area contributed by atoms with Gasteiger partial charge in [-0.15, -0.1) is 0 Å². The summed E-state index contributed by atoms with van der Waals surface area (Å²) in [5, 5.41) is 11.2. The summed E-state index contributed by atoms with van der Waals surface area (Å²) in [4.78, 5) is 12.9. The van der Waals surface area contributed by atoms with Gasteiger partial charge in [0, 0.05) is 25.6 Å². The van der Waals surface area contributed by atoms with Crippen LogP contribution >= 0.6 is 0 Å². The lowest BCUT2D eigenvalue weighted by atomic mass is 10.4. The van der Waals surface area contributed by atoms with E-state index < -0.39 is 0 Å². The number of hydrogen-bond donors (Lipinski definition) is 1. The van der Waals surface area contributed by atoms with Gasteiger partial charge >= 0.3 is 0 Å². The van der Waals surface area contributed by atoms with Crippen LogP contribution in [0.2, 0.25) is 0 Å². The van der Waals surface area contributed by atoms with E-state index in [0.717, 1.165) is 5.56 Å². The molecule has 8 nitrogen and oxygen atoms in total. The number of aromatic nitrogens is 7. The third-order valence-electron chi connectivity index (χ3n) is 2.46. The van der Waals surface area contributed by atoms with Crippen LogP contribution in [0.4, 0.5) is 5.95 Å². The van der Waals surface area contributed by atoms with Gasteiger partial charge in [0.15, 0.2) is 0 Å². The second-order valence-corrected chi connectivity index (χ2v) is 3.92. The van der Waals surface area contributed by atoms with Crippen LogP contribution in [-0.2, 0) is 0 Å². The van der Waals surface area contributed by atoms with E-state index in [4.69, 9.17) is 0 Å². The SMILES string of the molecule is CNc1nc(-n2cccn2)nc(-n2cc(C)cn2)n1.